The average molecular weight is 326 g/mol. The van der Waals surface area contributed by atoms with Crippen LogP contribution in [0.1, 0.15) is 16.8 Å². The van der Waals surface area contributed by atoms with Crippen molar-refractivity contribution < 1.29 is 14.3 Å². The van der Waals surface area contributed by atoms with Gasteiger partial charge in [0.1, 0.15) is 24.7 Å². The van der Waals surface area contributed by atoms with Crippen LogP contribution in [0.15, 0.2) is 54.6 Å². The highest BCUT2D eigenvalue weighted by molar-refractivity contribution is 5.97. The maximum Gasteiger partial charge on any atom is 0.257 e. The Kier molecular flexibility index (Phi) is 5.33. The predicted molar refractivity (Wildman–Crippen MR) is 92.4 cm³/mol. The molecule has 126 valence electrons. The van der Waals surface area contributed by atoms with E-state index in [1.54, 1.807) is 11.0 Å². The summed E-state index contributed by atoms with van der Waals surface area (Å²) in [5.41, 5.74) is 6.47. The summed E-state index contributed by atoms with van der Waals surface area (Å²) in [6.07, 6.45) is 0.847. The fraction of sp³-hybridized carbons (Fsp3) is 0.316. The van der Waals surface area contributed by atoms with Crippen LogP contribution in [0.3, 0.4) is 0 Å². The Labute approximate surface area is 142 Å². The molecule has 24 heavy (non-hydrogen) atoms. The van der Waals surface area contributed by atoms with Crippen LogP contribution < -0.4 is 15.2 Å². The molecule has 1 saturated heterocycles. The molecule has 2 aromatic rings. The van der Waals surface area contributed by atoms with Gasteiger partial charge in [-0.05, 0) is 30.7 Å². The summed E-state index contributed by atoms with van der Waals surface area (Å²) in [6.45, 7) is 2.09. The van der Waals surface area contributed by atoms with E-state index in [2.05, 4.69) is 0 Å². The molecule has 1 aliphatic rings. The highest BCUT2D eigenvalue weighted by Crippen LogP contribution is 2.22. The van der Waals surface area contributed by atoms with Gasteiger partial charge in [-0.1, -0.05) is 30.3 Å². The topological polar surface area (TPSA) is 64.8 Å². The molecule has 1 heterocycles. The van der Waals surface area contributed by atoms with E-state index in [1.807, 2.05) is 48.5 Å². The summed E-state index contributed by atoms with van der Waals surface area (Å²) in [5, 5.41) is 0. The Morgan fingerprint density at radius 2 is 1.75 bits per heavy atom. The highest BCUT2D eigenvalue weighted by Gasteiger charge is 2.26. The van der Waals surface area contributed by atoms with Crippen LogP contribution in [0.5, 0.6) is 11.5 Å². The largest absolute Gasteiger partial charge is 0.490 e. The number of carbonyl (C=O) groups excluding carboxylic acids is 1. The number of hydrogen-bond donors (Lipinski definition) is 1. The minimum atomic E-state index is -0.0254. The van der Waals surface area contributed by atoms with Gasteiger partial charge < -0.3 is 20.1 Å². The molecule has 0 aliphatic carbocycles. The number of para-hydroxylation sites is 2. The third-order valence-corrected chi connectivity index (χ3v) is 3.98. The molecule has 1 atom stereocenters. The normalized spacial score (nSPS) is 16.9. The van der Waals surface area contributed by atoms with Crippen molar-refractivity contribution in [2.45, 2.75) is 12.5 Å². The Hall–Kier alpha value is -2.53. The minimum absolute atomic E-state index is 0.0254. The lowest BCUT2D eigenvalue weighted by atomic mass is 10.2. The molecule has 2 N–H and O–H groups in total. The average Bonchev–Trinajstić information content (AvgIpc) is 3.06. The molecule has 0 radical (unpaired) electrons. The molecule has 0 saturated carbocycles. The van der Waals surface area contributed by atoms with Crippen molar-refractivity contribution >= 4 is 5.91 Å². The number of nitrogens with zero attached hydrogens (tertiary/aromatic N) is 1. The molecule has 2 aromatic carbocycles. The Morgan fingerprint density at radius 1 is 1.04 bits per heavy atom. The summed E-state index contributed by atoms with van der Waals surface area (Å²) in [5.74, 6) is 1.36. The molecule has 1 amide bonds. The first-order valence-electron chi connectivity index (χ1n) is 8.18. The fourth-order valence-corrected chi connectivity index (χ4v) is 2.74. The van der Waals surface area contributed by atoms with Crippen molar-refractivity contribution in [3.63, 3.8) is 0 Å². The number of hydrogen-bond acceptors (Lipinski definition) is 4. The summed E-state index contributed by atoms with van der Waals surface area (Å²) >= 11 is 0. The van der Waals surface area contributed by atoms with Gasteiger partial charge in [-0.15, -0.1) is 0 Å². The van der Waals surface area contributed by atoms with Gasteiger partial charge in [0.15, 0.2) is 0 Å². The zero-order valence-electron chi connectivity index (χ0n) is 13.6. The quantitative estimate of drug-likeness (QED) is 0.828. The SMILES string of the molecule is NC1CCN(C(=O)c2ccccc2OCCOc2ccccc2)C1. The van der Waals surface area contributed by atoms with Crippen molar-refractivity contribution in [2.24, 2.45) is 5.73 Å². The lowest BCUT2D eigenvalue weighted by Gasteiger charge is -2.18. The molecule has 0 aromatic heterocycles. The van der Waals surface area contributed by atoms with Crippen LogP contribution in [-0.2, 0) is 0 Å². The van der Waals surface area contributed by atoms with Crippen molar-refractivity contribution in [1.82, 2.24) is 4.90 Å². The van der Waals surface area contributed by atoms with Gasteiger partial charge in [0.2, 0.25) is 0 Å². The van der Waals surface area contributed by atoms with Gasteiger partial charge in [-0.25, -0.2) is 0 Å². The van der Waals surface area contributed by atoms with E-state index in [0.29, 0.717) is 37.6 Å². The van der Waals surface area contributed by atoms with Gasteiger partial charge in [-0.2, -0.15) is 0 Å². The van der Waals surface area contributed by atoms with E-state index < -0.39 is 0 Å². The minimum Gasteiger partial charge on any atom is -0.490 e. The second-order valence-corrected chi connectivity index (χ2v) is 5.81. The molecule has 1 aliphatic heterocycles. The summed E-state index contributed by atoms with van der Waals surface area (Å²) in [7, 11) is 0. The summed E-state index contributed by atoms with van der Waals surface area (Å²) in [6, 6.07) is 17.0. The second-order valence-electron chi connectivity index (χ2n) is 5.81. The van der Waals surface area contributed by atoms with Gasteiger partial charge >= 0.3 is 0 Å². The molecule has 0 bridgehead atoms. The molecule has 1 unspecified atom stereocenters. The standard InChI is InChI=1S/C19H22N2O3/c20-15-10-11-21(14-15)19(22)17-8-4-5-9-18(17)24-13-12-23-16-6-2-1-3-7-16/h1-9,15H,10-14,20H2. The third kappa shape index (κ3) is 4.06. The fourth-order valence-electron chi connectivity index (χ4n) is 2.74. The molecule has 0 spiro atoms. The number of rotatable bonds is 6. The van der Waals surface area contributed by atoms with Crippen molar-refractivity contribution in [3.8, 4) is 11.5 Å². The van der Waals surface area contributed by atoms with E-state index in [4.69, 9.17) is 15.2 Å². The van der Waals surface area contributed by atoms with E-state index in [1.165, 1.54) is 0 Å². The molecule has 5 heteroatoms. The van der Waals surface area contributed by atoms with Crippen molar-refractivity contribution in [1.29, 1.82) is 0 Å². The van der Waals surface area contributed by atoms with Gasteiger partial charge in [0.25, 0.3) is 5.91 Å². The monoisotopic (exact) mass is 326 g/mol. The van der Waals surface area contributed by atoms with Gasteiger partial charge in [0, 0.05) is 19.1 Å². The molecule has 1 fully saturated rings. The highest BCUT2D eigenvalue weighted by atomic mass is 16.5. The molecular formula is C19H22N2O3. The maximum absolute atomic E-state index is 12.6. The van der Waals surface area contributed by atoms with Crippen molar-refractivity contribution in [2.75, 3.05) is 26.3 Å². The first-order chi connectivity index (χ1) is 11.7. The summed E-state index contributed by atoms with van der Waals surface area (Å²) in [4.78, 5) is 14.4. The number of carbonyl (C=O) groups is 1. The van der Waals surface area contributed by atoms with E-state index >= 15 is 0 Å². The van der Waals surface area contributed by atoms with Crippen LogP contribution >= 0.6 is 0 Å². The number of likely N-dealkylation sites (tertiary alicyclic amines) is 1. The van der Waals surface area contributed by atoms with Gasteiger partial charge in [0.05, 0.1) is 5.56 Å². The lowest BCUT2D eigenvalue weighted by Crippen LogP contribution is -2.32. The van der Waals surface area contributed by atoms with Crippen LogP contribution in [-0.4, -0.2) is 43.2 Å². The third-order valence-electron chi connectivity index (χ3n) is 3.98. The first kappa shape index (κ1) is 16.3. The maximum atomic E-state index is 12.6. The Bertz CT molecular complexity index is 675. The van der Waals surface area contributed by atoms with Crippen LogP contribution in [0, 0.1) is 0 Å². The smallest absolute Gasteiger partial charge is 0.257 e. The van der Waals surface area contributed by atoms with E-state index in [0.717, 1.165) is 12.2 Å². The number of benzene rings is 2. The molecule has 3 rings (SSSR count). The Morgan fingerprint density at radius 3 is 2.50 bits per heavy atom. The zero-order chi connectivity index (χ0) is 16.8. The lowest BCUT2D eigenvalue weighted by molar-refractivity contribution is 0.0785. The van der Waals surface area contributed by atoms with E-state index in [9.17, 15) is 4.79 Å². The second kappa shape index (κ2) is 7.84. The molecular weight excluding hydrogens is 304 g/mol. The van der Waals surface area contributed by atoms with E-state index in [-0.39, 0.29) is 11.9 Å². The number of ether oxygens (including phenoxy) is 2. The number of amides is 1. The van der Waals surface area contributed by atoms with Gasteiger partial charge in [-0.3, -0.25) is 4.79 Å². The van der Waals surface area contributed by atoms with Crippen LogP contribution in [0.2, 0.25) is 0 Å². The Balaban J connectivity index is 1.57. The number of nitrogens with two attached hydrogens (primary N) is 1. The zero-order valence-corrected chi connectivity index (χ0v) is 13.6. The summed E-state index contributed by atoms with van der Waals surface area (Å²) < 4.78 is 11.4. The first-order valence-corrected chi connectivity index (χ1v) is 8.18. The predicted octanol–water partition coefficient (Wildman–Crippen LogP) is 2.32. The van der Waals surface area contributed by atoms with Crippen LogP contribution in [0.25, 0.3) is 0 Å². The van der Waals surface area contributed by atoms with Crippen LogP contribution in [0.4, 0.5) is 0 Å². The van der Waals surface area contributed by atoms with Crippen molar-refractivity contribution in [3.05, 3.63) is 60.2 Å². The molecule has 5 nitrogen and oxygen atoms in total.